The summed E-state index contributed by atoms with van der Waals surface area (Å²) in [4.78, 5) is 32.4. The van der Waals surface area contributed by atoms with E-state index in [1.165, 1.54) is 36.0 Å². The number of hydrogen-bond acceptors (Lipinski definition) is 7. The monoisotopic (exact) mass is 630 g/mol. The van der Waals surface area contributed by atoms with Crippen molar-refractivity contribution in [1.82, 2.24) is 4.57 Å². The molecule has 43 heavy (non-hydrogen) atoms. The Morgan fingerprint density at radius 1 is 1.16 bits per heavy atom. The number of fused-ring (bicyclic) bond motifs is 1. The molecule has 0 unspecified atom stereocenters. The van der Waals surface area contributed by atoms with E-state index in [1.807, 2.05) is 6.92 Å². The van der Waals surface area contributed by atoms with Gasteiger partial charge < -0.3 is 13.9 Å². The molecule has 224 valence electrons. The van der Waals surface area contributed by atoms with Gasteiger partial charge in [0.2, 0.25) is 0 Å². The zero-order valence-electron chi connectivity index (χ0n) is 23.3. The standard InChI is InChI=1S/C31H26ClF3N2O5S/c1-4-7-22-26(29(39)41-5-2)27(21-15-19(32)10-12-24(21)40-3)37-28(38)25(43-30(37)36-22)16-20-11-13-23(42-20)17-8-6-9-18(14-17)31(33,34)35/h6,8-16,27H,4-5,7H2,1-3H3/b25-16+/t27-/m1/s1. The predicted octanol–water partition coefficient (Wildman–Crippen LogP) is 6.52. The highest BCUT2D eigenvalue weighted by Crippen LogP contribution is 2.38. The topological polar surface area (TPSA) is 83.0 Å². The minimum atomic E-state index is -4.50. The molecule has 0 saturated heterocycles. The molecule has 2 aromatic heterocycles. The van der Waals surface area contributed by atoms with Crippen LogP contribution in [0.2, 0.25) is 5.02 Å². The molecule has 0 spiro atoms. The van der Waals surface area contributed by atoms with Crippen LogP contribution in [0.4, 0.5) is 13.2 Å². The second kappa shape index (κ2) is 12.3. The molecule has 12 heteroatoms. The molecule has 1 aliphatic heterocycles. The van der Waals surface area contributed by atoms with Crippen molar-refractivity contribution in [3.63, 3.8) is 0 Å². The van der Waals surface area contributed by atoms with E-state index in [9.17, 15) is 22.8 Å². The van der Waals surface area contributed by atoms with Gasteiger partial charge in [-0.1, -0.05) is 48.4 Å². The average Bonchev–Trinajstić information content (AvgIpc) is 3.56. The lowest BCUT2D eigenvalue weighted by atomic mass is 9.93. The number of ether oxygens (including phenoxy) is 2. The van der Waals surface area contributed by atoms with Crippen LogP contribution in [0.5, 0.6) is 5.75 Å². The molecule has 4 aromatic rings. The number of rotatable bonds is 8. The van der Waals surface area contributed by atoms with E-state index in [0.29, 0.717) is 39.7 Å². The fourth-order valence-electron chi connectivity index (χ4n) is 4.90. The summed E-state index contributed by atoms with van der Waals surface area (Å²) in [6.45, 7) is 3.77. The first-order valence-corrected chi connectivity index (χ1v) is 14.6. The third kappa shape index (κ3) is 6.05. The first-order chi connectivity index (χ1) is 20.5. The number of halogens is 4. The summed E-state index contributed by atoms with van der Waals surface area (Å²) < 4.78 is 58.2. The van der Waals surface area contributed by atoms with E-state index >= 15 is 0 Å². The summed E-state index contributed by atoms with van der Waals surface area (Å²) in [5, 5.41) is 0.382. The highest BCUT2D eigenvalue weighted by molar-refractivity contribution is 7.07. The number of nitrogens with zero attached hydrogens (tertiary/aromatic N) is 2. The zero-order chi connectivity index (χ0) is 30.9. The molecule has 2 aromatic carbocycles. The number of esters is 1. The number of thiazole rings is 1. The number of furan rings is 1. The van der Waals surface area contributed by atoms with Crippen LogP contribution in [0.1, 0.15) is 49.6 Å². The van der Waals surface area contributed by atoms with Gasteiger partial charge >= 0.3 is 12.1 Å². The van der Waals surface area contributed by atoms with Gasteiger partial charge in [-0.3, -0.25) is 9.36 Å². The van der Waals surface area contributed by atoms with E-state index < -0.39 is 29.3 Å². The Balaban J connectivity index is 1.68. The Kier molecular flexibility index (Phi) is 8.66. The Hall–Kier alpha value is -4.09. The van der Waals surface area contributed by atoms with Crippen LogP contribution in [0.15, 0.2) is 80.1 Å². The van der Waals surface area contributed by atoms with Gasteiger partial charge in [0.25, 0.3) is 5.56 Å². The van der Waals surface area contributed by atoms with Crippen molar-refractivity contribution in [2.45, 2.75) is 38.9 Å². The summed E-state index contributed by atoms with van der Waals surface area (Å²) in [6, 6.07) is 11.9. The minimum absolute atomic E-state index is 0.123. The first kappa shape index (κ1) is 30.4. The normalized spacial score (nSPS) is 15.3. The summed E-state index contributed by atoms with van der Waals surface area (Å²) in [5.41, 5.74) is 0.183. The maximum Gasteiger partial charge on any atom is 0.416 e. The number of benzene rings is 2. The third-order valence-electron chi connectivity index (χ3n) is 6.75. The lowest BCUT2D eigenvalue weighted by molar-refractivity contribution is -0.139. The van der Waals surface area contributed by atoms with Crippen LogP contribution < -0.4 is 19.6 Å². The predicted molar refractivity (Wildman–Crippen MR) is 157 cm³/mol. The molecule has 0 N–H and O–H groups in total. The Bertz CT molecular complexity index is 1900. The van der Waals surface area contributed by atoms with Crippen molar-refractivity contribution in [2.75, 3.05) is 13.7 Å². The fourth-order valence-corrected chi connectivity index (χ4v) is 6.08. The number of carbonyl (C=O) groups is 1. The number of allylic oxidation sites excluding steroid dienone is 1. The van der Waals surface area contributed by atoms with E-state index in [1.54, 1.807) is 31.2 Å². The average molecular weight is 631 g/mol. The summed E-state index contributed by atoms with van der Waals surface area (Å²) in [6.07, 6.45) is -1.86. The second-order valence-electron chi connectivity index (χ2n) is 9.58. The Morgan fingerprint density at radius 2 is 1.95 bits per heavy atom. The smallest absolute Gasteiger partial charge is 0.416 e. The van der Waals surface area contributed by atoms with Gasteiger partial charge in [-0.2, -0.15) is 13.2 Å². The fraction of sp³-hybridized carbons (Fsp3) is 0.258. The summed E-state index contributed by atoms with van der Waals surface area (Å²) >= 11 is 7.47. The lowest BCUT2D eigenvalue weighted by Crippen LogP contribution is -2.40. The molecule has 7 nitrogen and oxygen atoms in total. The molecule has 5 rings (SSSR count). The van der Waals surface area contributed by atoms with Crippen LogP contribution in [0.3, 0.4) is 0 Å². The highest BCUT2D eigenvalue weighted by Gasteiger charge is 2.36. The van der Waals surface area contributed by atoms with E-state index in [0.717, 1.165) is 23.5 Å². The number of aromatic nitrogens is 1. The second-order valence-corrected chi connectivity index (χ2v) is 11.0. The molecular weight excluding hydrogens is 605 g/mol. The number of hydrogen-bond donors (Lipinski definition) is 0. The number of methoxy groups -OCH3 is 1. The van der Waals surface area contributed by atoms with E-state index in [2.05, 4.69) is 0 Å². The molecule has 0 amide bonds. The SMILES string of the molecule is CCCC1=C(C(=O)OCC)[C@@H](c2cc(Cl)ccc2OC)n2c(s/c(=C/c3ccc(-c4cccc(C(F)(F)F)c4)o3)c2=O)=N1. The maximum absolute atomic E-state index is 14.0. The van der Waals surface area contributed by atoms with Gasteiger partial charge in [-0.15, -0.1) is 0 Å². The largest absolute Gasteiger partial charge is 0.496 e. The first-order valence-electron chi connectivity index (χ1n) is 13.4. The van der Waals surface area contributed by atoms with Crippen molar-refractivity contribution in [3.05, 3.63) is 107 Å². The van der Waals surface area contributed by atoms with Crippen LogP contribution in [0, 0.1) is 0 Å². The molecular formula is C31H26ClF3N2O5S. The van der Waals surface area contributed by atoms with Gasteiger partial charge in [-0.05, 0) is 55.8 Å². The van der Waals surface area contributed by atoms with E-state index in [4.69, 9.17) is 30.5 Å². The van der Waals surface area contributed by atoms with Crippen LogP contribution in [-0.2, 0) is 15.7 Å². The highest BCUT2D eigenvalue weighted by atomic mass is 35.5. The summed E-state index contributed by atoms with van der Waals surface area (Å²) in [5.74, 6) is 0.280. The molecule has 1 atom stereocenters. The molecule has 0 radical (unpaired) electrons. The molecule has 3 heterocycles. The minimum Gasteiger partial charge on any atom is -0.496 e. The molecule has 0 fully saturated rings. The van der Waals surface area contributed by atoms with Gasteiger partial charge in [-0.25, -0.2) is 9.79 Å². The number of alkyl halides is 3. The van der Waals surface area contributed by atoms with Crippen molar-refractivity contribution in [3.8, 4) is 17.1 Å². The van der Waals surface area contributed by atoms with Gasteiger partial charge in [0.15, 0.2) is 4.80 Å². The quantitative estimate of drug-likeness (QED) is 0.207. The Labute approximate surface area is 253 Å². The lowest BCUT2D eigenvalue weighted by Gasteiger charge is -2.27. The molecule has 0 bridgehead atoms. The van der Waals surface area contributed by atoms with Crippen molar-refractivity contribution < 1.29 is 31.9 Å². The maximum atomic E-state index is 14.0. The van der Waals surface area contributed by atoms with Crippen LogP contribution in [0.25, 0.3) is 17.4 Å². The Morgan fingerprint density at radius 3 is 2.65 bits per heavy atom. The van der Waals surface area contributed by atoms with Crippen molar-refractivity contribution >= 4 is 35.0 Å². The molecule has 0 aliphatic carbocycles. The van der Waals surface area contributed by atoms with Gasteiger partial charge in [0.05, 0.1) is 35.1 Å². The van der Waals surface area contributed by atoms with Crippen molar-refractivity contribution in [2.24, 2.45) is 4.99 Å². The van der Waals surface area contributed by atoms with Crippen LogP contribution >= 0.6 is 22.9 Å². The molecule has 0 saturated carbocycles. The zero-order valence-corrected chi connectivity index (χ0v) is 24.9. The third-order valence-corrected chi connectivity index (χ3v) is 7.97. The number of carbonyl (C=O) groups excluding carboxylic acids is 1. The van der Waals surface area contributed by atoms with Crippen molar-refractivity contribution in [1.29, 1.82) is 0 Å². The van der Waals surface area contributed by atoms with Gasteiger partial charge in [0, 0.05) is 22.2 Å². The van der Waals surface area contributed by atoms with Crippen LogP contribution in [-0.4, -0.2) is 24.3 Å². The molecule has 1 aliphatic rings. The summed E-state index contributed by atoms with van der Waals surface area (Å²) in [7, 11) is 1.48. The van der Waals surface area contributed by atoms with E-state index in [-0.39, 0.29) is 33.8 Å². The van der Waals surface area contributed by atoms with Gasteiger partial charge in [0.1, 0.15) is 23.3 Å².